The predicted molar refractivity (Wildman–Crippen MR) is 123 cm³/mol. The first-order chi connectivity index (χ1) is 16.1. The number of thioether (sulfide) groups is 1. The number of hydrogen-bond acceptors (Lipinski definition) is 8. The molecule has 9 heteroatoms. The van der Waals surface area contributed by atoms with E-state index in [4.69, 9.17) is 18.6 Å². The first kappa shape index (κ1) is 20.9. The molecule has 0 saturated carbocycles. The molecule has 1 aromatic heterocycles. The van der Waals surface area contributed by atoms with Crippen LogP contribution in [0.2, 0.25) is 0 Å². The van der Waals surface area contributed by atoms with Crippen LogP contribution in [0.1, 0.15) is 5.56 Å². The highest BCUT2D eigenvalue weighted by atomic mass is 32.2. The standard InChI is InChI=1S/C24H19N3O5S/c1-15-3-2-4-19(11-15)31-18-8-6-17(7-9-18)25-22(28)13-33-24-27-26-23(32-24)16-5-10-20-21(12-16)30-14-29-20/h2-12H,13-14H2,1H3,(H,25,28). The third-order valence-electron chi connectivity index (χ3n) is 4.72. The molecule has 0 fully saturated rings. The van der Waals surface area contributed by atoms with Crippen LogP contribution in [0.25, 0.3) is 11.5 Å². The van der Waals surface area contributed by atoms with Crippen LogP contribution in [0.15, 0.2) is 76.4 Å². The Morgan fingerprint density at radius 1 is 1.00 bits per heavy atom. The Hall–Kier alpha value is -3.98. The van der Waals surface area contributed by atoms with E-state index < -0.39 is 0 Å². The summed E-state index contributed by atoms with van der Waals surface area (Å²) in [6.45, 7) is 2.21. The van der Waals surface area contributed by atoms with E-state index >= 15 is 0 Å². The van der Waals surface area contributed by atoms with E-state index in [1.165, 1.54) is 0 Å². The molecule has 1 aliphatic heterocycles. The zero-order chi connectivity index (χ0) is 22.6. The van der Waals surface area contributed by atoms with E-state index in [1.807, 2.05) is 37.3 Å². The Bertz CT molecular complexity index is 1290. The van der Waals surface area contributed by atoms with Crippen molar-refractivity contribution in [1.82, 2.24) is 10.2 Å². The zero-order valence-corrected chi connectivity index (χ0v) is 18.4. The molecule has 1 amide bonds. The van der Waals surface area contributed by atoms with Gasteiger partial charge < -0.3 is 23.9 Å². The first-order valence-corrected chi connectivity index (χ1v) is 11.1. The summed E-state index contributed by atoms with van der Waals surface area (Å²) < 4.78 is 22.2. The molecule has 4 aromatic rings. The van der Waals surface area contributed by atoms with Gasteiger partial charge in [0, 0.05) is 11.3 Å². The number of ether oxygens (including phenoxy) is 3. The molecule has 0 aliphatic carbocycles. The van der Waals surface area contributed by atoms with Crippen LogP contribution < -0.4 is 19.5 Å². The van der Waals surface area contributed by atoms with Crippen LogP contribution in [0, 0.1) is 6.92 Å². The van der Waals surface area contributed by atoms with Crippen molar-refractivity contribution < 1.29 is 23.4 Å². The minimum absolute atomic E-state index is 0.129. The Balaban J connectivity index is 1.13. The van der Waals surface area contributed by atoms with Crippen molar-refractivity contribution in [2.24, 2.45) is 0 Å². The average Bonchev–Trinajstić information content (AvgIpc) is 3.48. The van der Waals surface area contributed by atoms with Crippen molar-refractivity contribution in [3.8, 4) is 34.5 Å². The number of nitrogens with zero attached hydrogens (tertiary/aromatic N) is 2. The normalized spacial score (nSPS) is 11.9. The molecule has 166 valence electrons. The maximum Gasteiger partial charge on any atom is 0.277 e. The average molecular weight is 461 g/mol. The second-order valence-corrected chi connectivity index (χ2v) is 8.15. The molecule has 0 unspecified atom stereocenters. The fourth-order valence-electron chi connectivity index (χ4n) is 3.16. The van der Waals surface area contributed by atoms with Crippen LogP contribution in [-0.4, -0.2) is 28.7 Å². The van der Waals surface area contributed by atoms with E-state index in [-0.39, 0.29) is 18.5 Å². The van der Waals surface area contributed by atoms with E-state index in [9.17, 15) is 4.79 Å². The van der Waals surface area contributed by atoms with Gasteiger partial charge in [-0.1, -0.05) is 23.9 Å². The van der Waals surface area contributed by atoms with Gasteiger partial charge in [-0.05, 0) is 67.1 Å². The van der Waals surface area contributed by atoms with Crippen molar-refractivity contribution in [1.29, 1.82) is 0 Å². The van der Waals surface area contributed by atoms with Gasteiger partial charge in [-0.3, -0.25) is 4.79 Å². The third-order valence-corrected chi connectivity index (χ3v) is 5.53. The Morgan fingerprint density at radius 3 is 2.70 bits per heavy atom. The lowest BCUT2D eigenvalue weighted by Gasteiger charge is -2.08. The quantitative estimate of drug-likeness (QED) is 0.371. The summed E-state index contributed by atoms with van der Waals surface area (Å²) >= 11 is 1.16. The first-order valence-electron chi connectivity index (χ1n) is 10.1. The van der Waals surface area contributed by atoms with Gasteiger partial charge in [0.2, 0.25) is 18.6 Å². The maximum absolute atomic E-state index is 12.3. The molecule has 0 saturated heterocycles. The monoisotopic (exact) mass is 461 g/mol. The fraction of sp³-hybridized carbons (Fsp3) is 0.125. The predicted octanol–water partition coefficient (Wildman–Crippen LogP) is 5.30. The lowest BCUT2D eigenvalue weighted by atomic mass is 10.2. The van der Waals surface area contributed by atoms with Crippen LogP contribution in [0.4, 0.5) is 5.69 Å². The number of aryl methyl sites for hydroxylation is 1. The van der Waals surface area contributed by atoms with Gasteiger partial charge >= 0.3 is 0 Å². The van der Waals surface area contributed by atoms with Crippen molar-refractivity contribution >= 4 is 23.4 Å². The lowest BCUT2D eigenvalue weighted by Crippen LogP contribution is -2.13. The second-order valence-electron chi connectivity index (χ2n) is 7.22. The molecular weight excluding hydrogens is 442 g/mol. The summed E-state index contributed by atoms with van der Waals surface area (Å²) in [5, 5.41) is 11.2. The van der Waals surface area contributed by atoms with Gasteiger partial charge in [-0.25, -0.2) is 0 Å². The minimum Gasteiger partial charge on any atom is -0.457 e. The molecule has 0 spiro atoms. The van der Waals surface area contributed by atoms with Crippen molar-refractivity contribution in [3.05, 3.63) is 72.3 Å². The lowest BCUT2D eigenvalue weighted by molar-refractivity contribution is -0.113. The summed E-state index contributed by atoms with van der Waals surface area (Å²) in [5.41, 5.74) is 2.51. The molecule has 3 aromatic carbocycles. The molecule has 8 nitrogen and oxygen atoms in total. The Morgan fingerprint density at radius 2 is 1.85 bits per heavy atom. The number of rotatable bonds is 7. The Labute approximate surface area is 193 Å². The van der Waals surface area contributed by atoms with Gasteiger partial charge in [0.25, 0.3) is 5.22 Å². The van der Waals surface area contributed by atoms with Gasteiger partial charge in [0.05, 0.1) is 5.75 Å². The van der Waals surface area contributed by atoms with Crippen LogP contribution in [0.5, 0.6) is 23.0 Å². The van der Waals surface area contributed by atoms with E-state index in [1.54, 1.807) is 36.4 Å². The number of fused-ring (bicyclic) bond motifs is 1. The molecule has 5 rings (SSSR count). The van der Waals surface area contributed by atoms with Gasteiger partial charge in [-0.15, -0.1) is 10.2 Å². The highest BCUT2D eigenvalue weighted by Crippen LogP contribution is 2.36. The number of carbonyl (C=O) groups is 1. The van der Waals surface area contributed by atoms with E-state index in [0.29, 0.717) is 34.0 Å². The number of hydrogen-bond donors (Lipinski definition) is 1. The smallest absolute Gasteiger partial charge is 0.277 e. The highest BCUT2D eigenvalue weighted by molar-refractivity contribution is 7.99. The molecular formula is C24H19N3O5S. The minimum atomic E-state index is -0.185. The second kappa shape index (κ2) is 9.25. The van der Waals surface area contributed by atoms with Gasteiger partial charge in [-0.2, -0.15) is 0 Å². The summed E-state index contributed by atoms with van der Waals surface area (Å²) in [7, 11) is 0. The number of aromatic nitrogens is 2. The van der Waals surface area contributed by atoms with Crippen LogP contribution >= 0.6 is 11.8 Å². The Kier molecular flexibility index (Phi) is 5.86. The number of benzene rings is 3. The third kappa shape index (κ3) is 5.09. The molecule has 2 heterocycles. The number of amides is 1. The SMILES string of the molecule is Cc1cccc(Oc2ccc(NC(=O)CSc3nnc(-c4ccc5c(c4)OCO5)o3)cc2)c1. The molecule has 0 atom stereocenters. The summed E-state index contributed by atoms with van der Waals surface area (Å²) in [5.74, 6) is 3.06. The summed E-state index contributed by atoms with van der Waals surface area (Å²) in [6, 6.07) is 20.4. The summed E-state index contributed by atoms with van der Waals surface area (Å²) in [6.07, 6.45) is 0. The number of carbonyl (C=O) groups excluding carboxylic acids is 1. The largest absolute Gasteiger partial charge is 0.457 e. The van der Waals surface area contributed by atoms with Crippen LogP contribution in [0.3, 0.4) is 0 Å². The molecule has 33 heavy (non-hydrogen) atoms. The van der Waals surface area contributed by atoms with E-state index in [2.05, 4.69) is 15.5 Å². The van der Waals surface area contributed by atoms with E-state index in [0.717, 1.165) is 28.6 Å². The fourth-order valence-corrected chi connectivity index (χ4v) is 3.72. The number of nitrogens with one attached hydrogen (secondary N) is 1. The van der Waals surface area contributed by atoms with Gasteiger partial charge in [0.15, 0.2) is 11.5 Å². The summed E-state index contributed by atoms with van der Waals surface area (Å²) in [4.78, 5) is 12.3. The highest BCUT2D eigenvalue weighted by Gasteiger charge is 2.17. The maximum atomic E-state index is 12.3. The van der Waals surface area contributed by atoms with Gasteiger partial charge in [0.1, 0.15) is 11.5 Å². The number of anilines is 1. The molecule has 0 bridgehead atoms. The molecule has 0 radical (unpaired) electrons. The van der Waals surface area contributed by atoms with Crippen molar-refractivity contribution in [3.63, 3.8) is 0 Å². The zero-order valence-electron chi connectivity index (χ0n) is 17.6. The topological polar surface area (TPSA) is 95.7 Å². The van der Waals surface area contributed by atoms with Crippen LogP contribution in [-0.2, 0) is 4.79 Å². The van der Waals surface area contributed by atoms with Crippen molar-refractivity contribution in [2.75, 3.05) is 17.9 Å². The molecule has 1 aliphatic rings. The molecule has 1 N–H and O–H groups in total. The van der Waals surface area contributed by atoms with Crippen molar-refractivity contribution in [2.45, 2.75) is 12.1 Å².